The zero-order valence-corrected chi connectivity index (χ0v) is 11.3. The first-order valence-corrected chi connectivity index (χ1v) is 7.25. The quantitative estimate of drug-likeness (QED) is 0.922. The molecule has 0 radical (unpaired) electrons. The molecule has 1 aromatic carbocycles. The van der Waals surface area contributed by atoms with Gasteiger partial charge in [0.15, 0.2) is 0 Å². The van der Waals surface area contributed by atoms with Crippen LogP contribution in [0.3, 0.4) is 0 Å². The summed E-state index contributed by atoms with van der Waals surface area (Å²) >= 11 is 1.42. The van der Waals surface area contributed by atoms with Crippen LogP contribution in [0.25, 0.3) is 0 Å². The Morgan fingerprint density at radius 1 is 1.33 bits per heavy atom. The van der Waals surface area contributed by atoms with Crippen LogP contribution >= 0.6 is 11.5 Å². The van der Waals surface area contributed by atoms with Crippen molar-refractivity contribution in [2.24, 2.45) is 5.73 Å². The van der Waals surface area contributed by atoms with Crippen LogP contribution in [0.1, 0.15) is 46.6 Å². The first kappa shape index (κ1) is 11.8. The maximum atomic E-state index is 6.36. The molecule has 0 amide bonds. The van der Waals surface area contributed by atoms with Gasteiger partial charge in [0, 0.05) is 0 Å². The maximum Gasteiger partial charge on any atom is 0.0804 e. The summed E-state index contributed by atoms with van der Waals surface area (Å²) < 4.78 is 4.02. The van der Waals surface area contributed by atoms with Crippen LogP contribution < -0.4 is 5.73 Å². The third kappa shape index (κ3) is 1.95. The normalized spacial score (nSPS) is 15.7. The number of rotatable bonds is 3. The van der Waals surface area contributed by atoms with E-state index in [4.69, 9.17) is 5.73 Å². The van der Waals surface area contributed by atoms with Gasteiger partial charge < -0.3 is 5.73 Å². The van der Waals surface area contributed by atoms with E-state index in [2.05, 4.69) is 34.7 Å². The number of hydrogen-bond acceptors (Lipinski definition) is 4. The SMILES string of the molecule is CCc1nnsc1C(N)c1ccc2c(c1)CCC2. The van der Waals surface area contributed by atoms with Crippen LogP contribution in [0.2, 0.25) is 0 Å². The molecule has 1 unspecified atom stereocenters. The Balaban J connectivity index is 1.95. The Hall–Kier alpha value is -1.26. The summed E-state index contributed by atoms with van der Waals surface area (Å²) in [4.78, 5) is 1.11. The molecule has 2 N–H and O–H groups in total. The molecule has 18 heavy (non-hydrogen) atoms. The Bertz CT molecular complexity index is 562. The van der Waals surface area contributed by atoms with Crippen molar-refractivity contribution < 1.29 is 0 Å². The molecule has 4 heteroatoms. The van der Waals surface area contributed by atoms with Gasteiger partial charge in [-0.05, 0) is 53.9 Å². The summed E-state index contributed by atoms with van der Waals surface area (Å²) in [5, 5.41) is 4.14. The second-order valence-electron chi connectivity index (χ2n) is 4.80. The van der Waals surface area contributed by atoms with Gasteiger partial charge in [-0.2, -0.15) is 0 Å². The average Bonchev–Trinajstić information content (AvgIpc) is 3.05. The van der Waals surface area contributed by atoms with Crippen molar-refractivity contribution in [2.45, 2.75) is 38.6 Å². The number of fused-ring (bicyclic) bond motifs is 1. The molecule has 0 aliphatic heterocycles. The fourth-order valence-electron chi connectivity index (χ4n) is 2.63. The molecular weight excluding hydrogens is 242 g/mol. The lowest BCUT2D eigenvalue weighted by Crippen LogP contribution is -2.12. The minimum absolute atomic E-state index is 0.0779. The Morgan fingerprint density at radius 2 is 2.17 bits per heavy atom. The van der Waals surface area contributed by atoms with Crippen LogP contribution in [-0.4, -0.2) is 9.59 Å². The van der Waals surface area contributed by atoms with Gasteiger partial charge in [0.05, 0.1) is 16.6 Å². The van der Waals surface area contributed by atoms with Crippen molar-refractivity contribution in [1.29, 1.82) is 0 Å². The van der Waals surface area contributed by atoms with Crippen LogP contribution in [0, 0.1) is 0 Å². The number of benzene rings is 1. The highest BCUT2D eigenvalue weighted by atomic mass is 32.1. The first-order chi connectivity index (χ1) is 8.79. The Morgan fingerprint density at radius 3 is 3.00 bits per heavy atom. The van der Waals surface area contributed by atoms with Crippen molar-refractivity contribution in [2.75, 3.05) is 0 Å². The van der Waals surface area contributed by atoms with Gasteiger partial charge in [0.25, 0.3) is 0 Å². The number of hydrogen-bond donors (Lipinski definition) is 1. The molecule has 94 valence electrons. The molecule has 1 atom stereocenters. The second kappa shape index (κ2) is 4.78. The summed E-state index contributed by atoms with van der Waals surface area (Å²) in [6.45, 7) is 2.09. The number of nitrogens with zero attached hydrogens (tertiary/aromatic N) is 2. The van der Waals surface area contributed by atoms with Gasteiger partial charge in [-0.15, -0.1) is 5.10 Å². The van der Waals surface area contributed by atoms with E-state index in [0.29, 0.717) is 0 Å². The predicted molar refractivity (Wildman–Crippen MR) is 73.8 cm³/mol. The van der Waals surface area contributed by atoms with Crippen molar-refractivity contribution in [3.05, 3.63) is 45.5 Å². The van der Waals surface area contributed by atoms with E-state index in [1.807, 2.05) is 0 Å². The van der Waals surface area contributed by atoms with Gasteiger partial charge in [0.2, 0.25) is 0 Å². The summed E-state index contributed by atoms with van der Waals surface area (Å²) in [7, 11) is 0. The highest BCUT2D eigenvalue weighted by Crippen LogP contribution is 2.29. The minimum Gasteiger partial charge on any atom is -0.320 e. The lowest BCUT2D eigenvalue weighted by molar-refractivity contribution is 0.851. The molecule has 3 rings (SSSR count). The molecule has 1 aromatic heterocycles. The molecule has 3 nitrogen and oxygen atoms in total. The van der Waals surface area contributed by atoms with Crippen molar-refractivity contribution in [1.82, 2.24) is 9.59 Å². The third-order valence-corrected chi connectivity index (χ3v) is 4.53. The summed E-state index contributed by atoms with van der Waals surface area (Å²) in [5.41, 5.74) is 11.5. The molecule has 1 aliphatic rings. The van der Waals surface area contributed by atoms with Crippen LogP contribution in [0.15, 0.2) is 18.2 Å². The zero-order chi connectivity index (χ0) is 12.5. The lowest BCUT2D eigenvalue weighted by atomic mass is 9.99. The van der Waals surface area contributed by atoms with Gasteiger partial charge >= 0.3 is 0 Å². The van der Waals surface area contributed by atoms with Crippen molar-refractivity contribution in [3.8, 4) is 0 Å². The number of aromatic nitrogens is 2. The monoisotopic (exact) mass is 259 g/mol. The van der Waals surface area contributed by atoms with Gasteiger partial charge in [-0.25, -0.2) is 0 Å². The molecule has 0 saturated carbocycles. The summed E-state index contributed by atoms with van der Waals surface area (Å²) in [6, 6.07) is 6.59. The molecule has 2 aromatic rings. The first-order valence-electron chi connectivity index (χ1n) is 6.48. The van der Waals surface area contributed by atoms with Crippen LogP contribution in [0.4, 0.5) is 0 Å². The van der Waals surface area contributed by atoms with Gasteiger partial charge in [-0.3, -0.25) is 0 Å². The standard InChI is InChI=1S/C14H17N3S/c1-2-12-14(18-17-16-12)13(15)11-7-6-9-4-3-5-10(9)8-11/h6-8,13H,2-5,15H2,1H3. The molecule has 0 spiro atoms. The summed E-state index contributed by atoms with van der Waals surface area (Å²) in [6.07, 6.45) is 4.57. The molecule has 0 bridgehead atoms. The van der Waals surface area contributed by atoms with E-state index < -0.39 is 0 Å². The van der Waals surface area contributed by atoms with E-state index in [9.17, 15) is 0 Å². The third-order valence-electron chi connectivity index (χ3n) is 3.68. The minimum atomic E-state index is -0.0779. The van der Waals surface area contributed by atoms with Crippen LogP contribution in [0.5, 0.6) is 0 Å². The van der Waals surface area contributed by atoms with Crippen molar-refractivity contribution >= 4 is 11.5 Å². The Kier molecular flexibility index (Phi) is 3.14. The van der Waals surface area contributed by atoms with E-state index in [-0.39, 0.29) is 6.04 Å². The van der Waals surface area contributed by atoms with Gasteiger partial charge in [-0.1, -0.05) is 29.6 Å². The highest BCUT2D eigenvalue weighted by molar-refractivity contribution is 7.05. The van der Waals surface area contributed by atoms with Crippen molar-refractivity contribution in [3.63, 3.8) is 0 Å². The van der Waals surface area contributed by atoms with E-state index in [0.717, 1.165) is 17.0 Å². The largest absolute Gasteiger partial charge is 0.320 e. The van der Waals surface area contributed by atoms with Gasteiger partial charge in [0.1, 0.15) is 0 Å². The second-order valence-corrected chi connectivity index (χ2v) is 5.58. The molecule has 0 saturated heterocycles. The smallest absolute Gasteiger partial charge is 0.0804 e. The van der Waals surface area contributed by atoms with E-state index in [1.54, 1.807) is 0 Å². The molecule has 1 aliphatic carbocycles. The zero-order valence-electron chi connectivity index (χ0n) is 10.5. The molecular formula is C14H17N3S. The topological polar surface area (TPSA) is 51.8 Å². The lowest BCUT2D eigenvalue weighted by Gasteiger charge is -2.12. The van der Waals surface area contributed by atoms with Crippen LogP contribution in [-0.2, 0) is 19.3 Å². The predicted octanol–water partition coefficient (Wildman–Crippen LogP) is 2.64. The Labute approximate surface area is 111 Å². The fraction of sp³-hybridized carbons (Fsp3) is 0.429. The molecule has 0 fully saturated rings. The highest BCUT2D eigenvalue weighted by Gasteiger charge is 2.18. The molecule has 1 heterocycles. The average molecular weight is 259 g/mol. The number of nitrogens with two attached hydrogens (primary N) is 1. The van der Waals surface area contributed by atoms with E-state index in [1.165, 1.54) is 47.5 Å². The van der Waals surface area contributed by atoms with E-state index >= 15 is 0 Å². The maximum absolute atomic E-state index is 6.36. The number of aryl methyl sites for hydroxylation is 3. The fourth-order valence-corrected chi connectivity index (χ4v) is 3.40. The summed E-state index contributed by atoms with van der Waals surface area (Å²) in [5.74, 6) is 0.